The first-order chi connectivity index (χ1) is 12.0. The van der Waals surface area contributed by atoms with Gasteiger partial charge in [-0.05, 0) is 30.6 Å². The number of carbonyl (C=O) groups is 2. The molecule has 1 saturated heterocycles. The molecule has 0 N–H and O–H groups in total. The van der Waals surface area contributed by atoms with Crippen molar-refractivity contribution in [3.8, 4) is 11.8 Å². The normalized spacial score (nSPS) is 20.5. The average molecular weight is 381 g/mol. The van der Waals surface area contributed by atoms with Crippen LogP contribution in [-0.4, -0.2) is 45.5 Å². The second-order valence-electron chi connectivity index (χ2n) is 8.13. The van der Waals surface area contributed by atoms with Crippen molar-refractivity contribution in [3.05, 3.63) is 12.2 Å². The SMILES string of the molecule is C=C(C[C@H](CO[Si](C)(C)C(C)(C)C)OC(=O)CCC#CC)[C@@H]1O[C@H]1C=O. The lowest BCUT2D eigenvalue weighted by atomic mass is 10.1. The molecule has 0 aromatic heterocycles. The maximum absolute atomic E-state index is 12.1. The zero-order valence-corrected chi connectivity index (χ0v) is 17.9. The van der Waals surface area contributed by atoms with E-state index in [4.69, 9.17) is 13.9 Å². The molecule has 6 heteroatoms. The van der Waals surface area contributed by atoms with E-state index in [2.05, 4.69) is 52.3 Å². The Morgan fingerprint density at radius 1 is 1.38 bits per heavy atom. The van der Waals surface area contributed by atoms with Crippen LogP contribution in [0.1, 0.15) is 47.0 Å². The second-order valence-corrected chi connectivity index (χ2v) is 12.9. The van der Waals surface area contributed by atoms with E-state index in [-0.39, 0.29) is 23.5 Å². The third-order valence-electron chi connectivity index (χ3n) is 4.92. The third-order valence-corrected chi connectivity index (χ3v) is 9.42. The summed E-state index contributed by atoms with van der Waals surface area (Å²) in [7, 11) is -1.96. The first kappa shape index (κ1) is 22.6. The van der Waals surface area contributed by atoms with Gasteiger partial charge >= 0.3 is 5.97 Å². The van der Waals surface area contributed by atoms with Gasteiger partial charge in [0.05, 0.1) is 13.0 Å². The molecule has 0 aromatic rings. The van der Waals surface area contributed by atoms with Crippen LogP contribution in [-0.2, 0) is 23.5 Å². The predicted molar refractivity (Wildman–Crippen MR) is 104 cm³/mol. The Labute approximate surface area is 158 Å². The topological polar surface area (TPSA) is 65.1 Å². The molecule has 1 rings (SSSR count). The van der Waals surface area contributed by atoms with Crippen LogP contribution in [0.5, 0.6) is 0 Å². The van der Waals surface area contributed by atoms with Gasteiger partial charge in [-0.25, -0.2) is 0 Å². The largest absolute Gasteiger partial charge is 0.460 e. The third kappa shape index (κ3) is 7.06. The fraction of sp³-hybridized carbons (Fsp3) is 0.700. The maximum Gasteiger partial charge on any atom is 0.307 e. The zero-order chi connectivity index (χ0) is 20.0. The van der Waals surface area contributed by atoms with Crippen molar-refractivity contribution in [2.45, 2.75) is 83.4 Å². The summed E-state index contributed by atoms with van der Waals surface area (Å²) in [5.74, 6) is 5.33. The number of esters is 1. The van der Waals surface area contributed by atoms with Gasteiger partial charge < -0.3 is 18.7 Å². The molecule has 3 atom stereocenters. The van der Waals surface area contributed by atoms with Crippen LogP contribution >= 0.6 is 0 Å². The molecule has 1 aliphatic rings. The summed E-state index contributed by atoms with van der Waals surface area (Å²) >= 11 is 0. The Morgan fingerprint density at radius 3 is 2.54 bits per heavy atom. The van der Waals surface area contributed by atoms with Crippen LogP contribution in [0.3, 0.4) is 0 Å². The molecule has 0 bridgehead atoms. The summed E-state index contributed by atoms with van der Waals surface area (Å²) in [4.78, 5) is 22.9. The number of ether oxygens (including phenoxy) is 2. The predicted octanol–water partition coefficient (Wildman–Crippen LogP) is 3.64. The maximum atomic E-state index is 12.1. The molecule has 0 unspecified atom stereocenters. The van der Waals surface area contributed by atoms with Gasteiger partial charge in [0.15, 0.2) is 14.6 Å². The number of carbonyl (C=O) groups excluding carboxylic acids is 2. The van der Waals surface area contributed by atoms with Crippen molar-refractivity contribution in [3.63, 3.8) is 0 Å². The minimum Gasteiger partial charge on any atom is -0.460 e. The van der Waals surface area contributed by atoms with Crippen molar-refractivity contribution in [1.29, 1.82) is 0 Å². The van der Waals surface area contributed by atoms with Gasteiger partial charge in [-0.15, -0.1) is 11.8 Å². The van der Waals surface area contributed by atoms with Crippen molar-refractivity contribution in [2.75, 3.05) is 6.61 Å². The number of hydrogen-bond donors (Lipinski definition) is 0. The van der Waals surface area contributed by atoms with E-state index in [1.807, 2.05) is 0 Å². The average Bonchev–Trinajstić information content (AvgIpc) is 3.31. The monoisotopic (exact) mass is 380 g/mol. The first-order valence-electron chi connectivity index (χ1n) is 9.03. The van der Waals surface area contributed by atoms with Crippen molar-refractivity contribution < 1.29 is 23.5 Å². The number of hydrogen-bond acceptors (Lipinski definition) is 5. The van der Waals surface area contributed by atoms with Crippen LogP contribution in [0.25, 0.3) is 0 Å². The van der Waals surface area contributed by atoms with E-state index in [9.17, 15) is 9.59 Å². The van der Waals surface area contributed by atoms with Crippen LogP contribution < -0.4 is 0 Å². The Hall–Kier alpha value is -1.42. The molecule has 0 aromatic carbocycles. The Kier molecular flexibility index (Phi) is 8.26. The van der Waals surface area contributed by atoms with E-state index in [1.54, 1.807) is 6.92 Å². The van der Waals surface area contributed by atoms with Crippen molar-refractivity contribution in [2.24, 2.45) is 0 Å². The molecule has 1 aliphatic heterocycles. The van der Waals surface area contributed by atoms with E-state index in [1.165, 1.54) is 0 Å². The molecule has 0 radical (unpaired) electrons. The molecule has 1 heterocycles. The molecule has 0 amide bonds. The molecular weight excluding hydrogens is 348 g/mol. The van der Waals surface area contributed by atoms with Gasteiger partial charge in [-0.1, -0.05) is 27.4 Å². The smallest absolute Gasteiger partial charge is 0.307 e. The van der Waals surface area contributed by atoms with Gasteiger partial charge in [0.25, 0.3) is 0 Å². The summed E-state index contributed by atoms with van der Waals surface area (Å²) in [6, 6.07) is 0. The summed E-state index contributed by atoms with van der Waals surface area (Å²) in [6.45, 7) is 16.8. The van der Waals surface area contributed by atoms with Gasteiger partial charge in [-0.3, -0.25) is 4.79 Å². The molecule has 5 nitrogen and oxygen atoms in total. The summed E-state index contributed by atoms with van der Waals surface area (Å²) in [5, 5.41) is 0.0670. The lowest BCUT2D eigenvalue weighted by Crippen LogP contribution is -2.43. The standard InChI is InChI=1S/C20H32O5Si/c1-8-9-10-11-18(22)24-16(12-15(2)19-17(13-21)25-19)14-23-26(6,7)20(3,4)5/h13,16-17,19H,2,10-12,14H2,1,3-7H3/t16-,17+,19+/m1/s1. The highest BCUT2D eigenvalue weighted by atomic mass is 28.4. The molecular formula is C20H32O5Si. The fourth-order valence-corrected chi connectivity index (χ4v) is 3.19. The number of epoxide rings is 1. The van der Waals surface area contributed by atoms with Gasteiger partial charge in [-0.2, -0.15) is 0 Å². The Bertz CT molecular complexity index is 579. The molecule has 0 aliphatic carbocycles. The summed E-state index contributed by atoms with van der Waals surface area (Å²) < 4.78 is 17.1. The van der Waals surface area contributed by atoms with Crippen LogP contribution in [0.2, 0.25) is 18.1 Å². The Balaban J connectivity index is 2.67. The lowest BCUT2D eigenvalue weighted by molar-refractivity contribution is -0.150. The van der Waals surface area contributed by atoms with Gasteiger partial charge in [0, 0.05) is 12.8 Å². The first-order valence-corrected chi connectivity index (χ1v) is 11.9. The number of aldehydes is 1. The van der Waals surface area contributed by atoms with Crippen LogP contribution in [0.15, 0.2) is 12.2 Å². The minimum atomic E-state index is -1.96. The van der Waals surface area contributed by atoms with Crippen molar-refractivity contribution >= 4 is 20.6 Å². The van der Waals surface area contributed by atoms with E-state index < -0.39 is 20.5 Å². The highest BCUT2D eigenvalue weighted by molar-refractivity contribution is 6.74. The number of rotatable bonds is 10. The molecule has 0 saturated carbocycles. The second kappa shape index (κ2) is 9.49. The van der Waals surface area contributed by atoms with E-state index in [0.29, 0.717) is 19.4 Å². The highest BCUT2D eigenvalue weighted by Crippen LogP contribution is 2.37. The highest BCUT2D eigenvalue weighted by Gasteiger charge is 2.42. The Morgan fingerprint density at radius 2 is 2.04 bits per heavy atom. The van der Waals surface area contributed by atoms with Gasteiger partial charge in [0.1, 0.15) is 18.3 Å². The quantitative estimate of drug-likeness (QED) is 0.145. The summed E-state index contributed by atoms with van der Waals surface area (Å²) in [6.07, 6.45) is 0.801. The van der Waals surface area contributed by atoms with E-state index in [0.717, 1.165) is 11.9 Å². The van der Waals surface area contributed by atoms with Gasteiger partial charge in [0.2, 0.25) is 0 Å². The molecule has 146 valence electrons. The van der Waals surface area contributed by atoms with Crippen LogP contribution in [0, 0.1) is 11.8 Å². The van der Waals surface area contributed by atoms with Crippen molar-refractivity contribution in [1.82, 2.24) is 0 Å². The molecule has 26 heavy (non-hydrogen) atoms. The van der Waals surface area contributed by atoms with E-state index >= 15 is 0 Å². The zero-order valence-electron chi connectivity index (χ0n) is 16.9. The lowest BCUT2D eigenvalue weighted by Gasteiger charge is -2.37. The van der Waals surface area contributed by atoms with Crippen LogP contribution in [0.4, 0.5) is 0 Å². The molecule has 1 fully saturated rings. The fourth-order valence-electron chi connectivity index (χ4n) is 2.15. The molecule has 0 spiro atoms. The minimum absolute atomic E-state index is 0.0670. The summed E-state index contributed by atoms with van der Waals surface area (Å²) in [5.41, 5.74) is 0.757.